The van der Waals surface area contributed by atoms with Crippen molar-refractivity contribution in [2.24, 2.45) is 0 Å². The van der Waals surface area contributed by atoms with E-state index in [4.69, 9.17) is 4.74 Å². The third-order valence-electron chi connectivity index (χ3n) is 3.41. The Morgan fingerprint density at radius 1 is 1.44 bits per heavy atom. The second-order valence-electron chi connectivity index (χ2n) is 6.68. The summed E-state index contributed by atoms with van der Waals surface area (Å²) in [6.07, 6.45) is 0.960. The first kappa shape index (κ1) is 20.5. The molecule has 0 bridgehead atoms. The summed E-state index contributed by atoms with van der Waals surface area (Å²) < 4.78 is 18.7. The van der Waals surface area contributed by atoms with Gasteiger partial charge in [0.15, 0.2) is 0 Å². The summed E-state index contributed by atoms with van der Waals surface area (Å²) >= 11 is 0. The Balaban J connectivity index is 3.06. The van der Waals surface area contributed by atoms with E-state index in [1.54, 1.807) is 20.8 Å². The molecule has 1 aromatic carbocycles. The van der Waals surface area contributed by atoms with Crippen LogP contribution in [0.15, 0.2) is 18.2 Å². The number of hydrogen-bond donors (Lipinski definition) is 0. The zero-order valence-corrected chi connectivity index (χ0v) is 14.8. The van der Waals surface area contributed by atoms with E-state index < -0.39 is 34.2 Å². The minimum Gasteiger partial charge on any atom is -0.443 e. The second kappa shape index (κ2) is 8.55. The summed E-state index contributed by atoms with van der Waals surface area (Å²) in [5, 5.41) is 10.9. The van der Waals surface area contributed by atoms with E-state index in [-0.39, 0.29) is 6.42 Å². The van der Waals surface area contributed by atoms with Crippen molar-refractivity contribution < 1.29 is 23.6 Å². The normalized spacial score (nSPS) is 12.4. The predicted molar refractivity (Wildman–Crippen MR) is 89.6 cm³/mol. The maximum Gasteiger partial charge on any atom is 0.417 e. The van der Waals surface area contributed by atoms with Crippen molar-refractivity contribution in [1.29, 1.82) is 0 Å². The van der Waals surface area contributed by atoms with Gasteiger partial charge in [-0.25, -0.2) is 9.69 Å². The van der Waals surface area contributed by atoms with Gasteiger partial charge >= 0.3 is 11.8 Å². The lowest BCUT2D eigenvalue weighted by molar-refractivity contribution is -0.387. The summed E-state index contributed by atoms with van der Waals surface area (Å²) in [6.45, 7) is 6.95. The van der Waals surface area contributed by atoms with E-state index in [2.05, 4.69) is 0 Å². The van der Waals surface area contributed by atoms with Crippen molar-refractivity contribution in [3.05, 3.63) is 39.7 Å². The molecule has 138 valence electrons. The van der Waals surface area contributed by atoms with Gasteiger partial charge in [-0.2, -0.15) is 4.39 Å². The highest BCUT2D eigenvalue weighted by Gasteiger charge is 2.28. The predicted octanol–water partition coefficient (Wildman–Crippen LogP) is 3.84. The molecule has 7 nitrogen and oxygen atoms in total. The molecule has 25 heavy (non-hydrogen) atoms. The topological polar surface area (TPSA) is 89.8 Å². The number of nitro benzene ring substituents is 1. The van der Waals surface area contributed by atoms with Gasteiger partial charge < -0.3 is 4.74 Å². The average molecular weight is 354 g/mol. The van der Waals surface area contributed by atoms with Gasteiger partial charge in [-0.15, -0.1) is 0 Å². The molecule has 0 aliphatic carbocycles. The molecule has 8 heteroatoms. The van der Waals surface area contributed by atoms with Crippen LogP contribution in [0.5, 0.6) is 0 Å². The van der Waals surface area contributed by atoms with Crippen molar-refractivity contribution in [3.63, 3.8) is 0 Å². The molecule has 1 aromatic rings. The molecule has 1 unspecified atom stereocenters. The summed E-state index contributed by atoms with van der Waals surface area (Å²) in [5.74, 6) is -0.930. The number of imide groups is 1. The van der Waals surface area contributed by atoms with E-state index in [0.717, 1.165) is 17.0 Å². The molecule has 0 saturated heterocycles. The maximum absolute atomic E-state index is 13.5. The average Bonchev–Trinajstić information content (AvgIpc) is 2.48. The van der Waals surface area contributed by atoms with Crippen molar-refractivity contribution >= 4 is 18.2 Å². The van der Waals surface area contributed by atoms with Gasteiger partial charge in [-0.3, -0.25) is 14.9 Å². The van der Waals surface area contributed by atoms with Crippen LogP contribution < -0.4 is 0 Å². The molecule has 0 N–H and O–H groups in total. The number of carbonyl (C=O) groups excluding carboxylic acids is 2. The van der Waals surface area contributed by atoms with Gasteiger partial charge in [0.1, 0.15) is 5.60 Å². The Morgan fingerprint density at radius 2 is 2.08 bits per heavy atom. The number of benzene rings is 1. The molecule has 1 atom stereocenters. The molecule has 0 heterocycles. The Hall–Kier alpha value is -2.51. The largest absolute Gasteiger partial charge is 0.443 e. The van der Waals surface area contributed by atoms with Crippen LogP contribution in [0.4, 0.5) is 14.9 Å². The molecule has 0 aliphatic rings. The fourth-order valence-corrected chi connectivity index (χ4v) is 2.36. The zero-order chi connectivity index (χ0) is 19.2. The van der Waals surface area contributed by atoms with E-state index in [1.807, 2.05) is 6.92 Å². The van der Waals surface area contributed by atoms with Crippen molar-refractivity contribution in [1.82, 2.24) is 4.90 Å². The summed E-state index contributed by atoms with van der Waals surface area (Å²) in [6, 6.07) is 3.00. The number of ether oxygens (including phenoxy) is 1. The molecule has 1 rings (SSSR count). The lowest BCUT2D eigenvalue weighted by Gasteiger charge is -2.29. The molecule has 2 amide bonds. The SMILES string of the molecule is CCCC(Cc1ccc(F)c([N+](=O)[O-])c1)N(C=O)C(=O)OC(C)(C)C. The number of amides is 2. The van der Waals surface area contributed by atoms with Crippen LogP contribution in [0.3, 0.4) is 0 Å². The second-order valence-corrected chi connectivity index (χ2v) is 6.68. The lowest BCUT2D eigenvalue weighted by Crippen LogP contribution is -2.43. The fourth-order valence-electron chi connectivity index (χ4n) is 2.36. The Morgan fingerprint density at radius 3 is 2.56 bits per heavy atom. The standard InChI is InChI=1S/C17H23FN2O5/c1-5-6-13(19(11-21)16(22)25-17(2,3)4)9-12-7-8-14(18)15(10-12)20(23)24/h7-8,10-11,13H,5-6,9H2,1-4H3. The molecule has 0 aromatic heterocycles. The number of carbonyl (C=O) groups is 2. The first-order chi connectivity index (χ1) is 11.6. The summed E-state index contributed by atoms with van der Waals surface area (Å²) in [4.78, 5) is 34.7. The van der Waals surface area contributed by atoms with Crippen molar-refractivity contribution in [2.75, 3.05) is 0 Å². The molecular formula is C17H23FN2O5. The highest BCUT2D eigenvalue weighted by atomic mass is 19.1. The lowest BCUT2D eigenvalue weighted by atomic mass is 10.0. The number of rotatable bonds is 7. The minimum atomic E-state index is -0.930. The van der Waals surface area contributed by atoms with Gasteiger partial charge in [0.05, 0.1) is 4.92 Å². The maximum atomic E-state index is 13.5. The first-order valence-corrected chi connectivity index (χ1v) is 7.98. The van der Waals surface area contributed by atoms with Gasteiger partial charge in [-0.05, 0) is 45.2 Å². The number of hydrogen-bond acceptors (Lipinski definition) is 5. The quantitative estimate of drug-likeness (QED) is 0.421. The third-order valence-corrected chi connectivity index (χ3v) is 3.41. The van der Waals surface area contributed by atoms with Crippen LogP contribution in [0.2, 0.25) is 0 Å². The number of nitrogens with zero attached hydrogens (tertiary/aromatic N) is 2. The highest BCUT2D eigenvalue weighted by Crippen LogP contribution is 2.22. The van der Waals surface area contributed by atoms with E-state index in [0.29, 0.717) is 24.8 Å². The molecule has 0 radical (unpaired) electrons. The van der Waals surface area contributed by atoms with Crippen molar-refractivity contribution in [2.45, 2.75) is 58.6 Å². The van der Waals surface area contributed by atoms with Gasteiger partial charge in [-0.1, -0.05) is 19.4 Å². The van der Waals surface area contributed by atoms with Crippen LogP contribution in [-0.2, 0) is 16.0 Å². The fraction of sp³-hybridized carbons (Fsp3) is 0.529. The van der Waals surface area contributed by atoms with E-state index in [1.165, 1.54) is 6.07 Å². The van der Waals surface area contributed by atoms with Crippen molar-refractivity contribution in [3.8, 4) is 0 Å². The highest BCUT2D eigenvalue weighted by molar-refractivity contribution is 5.81. The molecule has 0 saturated carbocycles. The molecule has 0 spiro atoms. The van der Waals surface area contributed by atoms with Crippen LogP contribution in [-0.4, -0.2) is 34.0 Å². The smallest absolute Gasteiger partial charge is 0.417 e. The molecule has 0 aliphatic heterocycles. The van der Waals surface area contributed by atoms with E-state index >= 15 is 0 Å². The van der Waals surface area contributed by atoms with Crippen LogP contribution in [0.1, 0.15) is 46.1 Å². The third kappa shape index (κ3) is 6.13. The summed E-state index contributed by atoms with van der Waals surface area (Å²) in [7, 11) is 0. The first-order valence-electron chi connectivity index (χ1n) is 7.98. The number of halogens is 1. The van der Waals surface area contributed by atoms with Crippen LogP contribution >= 0.6 is 0 Å². The Kier molecular flexibility index (Phi) is 7.02. The number of nitro groups is 1. The Bertz CT molecular complexity index is 642. The van der Waals surface area contributed by atoms with Gasteiger partial charge in [0.2, 0.25) is 12.2 Å². The van der Waals surface area contributed by atoms with Gasteiger partial charge in [0, 0.05) is 12.1 Å². The zero-order valence-electron chi connectivity index (χ0n) is 14.8. The molecular weight excluding hydrogens is 331 g/mol. The minimum absolute atomic E-state index is 0.174. The summed E-state index contributed by atoms with van der Waals surface area (Å²) in [5.41, 5.74) is -0.936. The van der Waals surface area contributed by atoms with Crippen LogP contribution in [0.25, 0.3) is 0 Å². The monoisotopic (exact) mass is 354 g/mol. The van der Waals surface area contributed by atoms with Crippen LogP contribution in [0, 0.1) is 15.9 Å². The van der Waals surface area contributed by atoms with Gasteiger partial charge in [0.25, 0.3) is 0 Å². The molecule has 0 fully saturated rings. The Labute approximate surface area is 145 Å². The van der Waals surface area contributed by atoms with E-state index in [9.17, 15) is 24.1 Å².